The minimum atomic E-state index is -2.03. The van der Waals surface area contributed by atoms with Gasteiger partial charge in [-0.1, -0.05) is 0 Å². The lowest BCUT2D eigenvalue weighted by Gasteiger charge is -2.30. The van der Waals surface area contributed by atoms with Gasteiger partial charge in [-0.05, 0) is 39.0 Å². The minimum absolute atomic E-state index is 0.163. The molecule has 9 heteroatoms. The number of ether oxygens (including phenoxy) is 1. The van der Waals surface area contributed by atoms with Crippen molar-refractivity contribution in [2.24, 2.45) is 10.7 Å². The zero-order chi connectivity index (χ0) is 19.3. The fourth-order valence-electron chi connectivity index (χ4n) is 2.17. The number of amidine groups is 1. The lowest BCUT2D eigenvalue weighted by molar-refractivity contribution is -0.125. The van der Waals surface area contributed by atoms with E-state index in [-0.39, 0.29) is 36.8 Å². The summed E-state index contributed by atoms with van der Waals surface area (Å²) in [5.41, 5.74) is 3.15. The molecule has 1 atom stereocenters. The van der Waals surface area contributed by atoms with Crippen molar-refractivity contribution >= 4 is 23.9 Å². The number of amides is 1. The van der Waals surface area contributed by atoms with Crippen LogP contribution < -0.4 is 11.1 Å². The summed E-state index contributed by atoms with van der Waals surface area (Å²) < 4.78 is 33.0. The van der Waals surface area contributed by atoms with Gasteiger partial charge in [0.05, 0.1) is 6.61 Å². The van der Waals surface area contributed by atoms with E-state index >= 15 is 0 Å². The lowest BCUT2D eigenvalue weighted by Crippen LogP contribution is -2.38. The van der Waals surface area contributed by atoms with Crippen LogP contribution in [-0.4, -0.2) is 42.2 Å². The van der Waals surface area contributed by atoms with Crippen LogP contribution >= 0.6 is 0 Å². The standard InChI is InChI=1S/C15H19F2N3O2.CH2O2/c1-14(2,17)13(21)19-9-4-5-11(16)10(6-9)15(3)8-22-7-12(18)20-15;2-1-3/h4-6H,7-8H2,1-3H3,(H2,18,20)(H,19,21);1H,(H,2,3). The van der Waals surface area contributed by atoms with Crippen LogP contribution in [0, 0.1) is 5.82 Å². The molecule has 1 aliphatic rings. The first-order chi connectivity index (χ1) is 11.5. The smallest absolute Gasteiger partial charge is 0.290 e. The van der Waals surface area contributed by atoms with Gasteiger partial charge in [0.15, 0.2) is 5.67 Å². The molecule has 0 aromatic heterocycles. The van der Waals surface area contributed by atoms with Gasteiger partial charge in [0.2, 0.25) is 0 Å². The van der Waals surface area contributed by atoms with Gasteiger partial charge in [-0.25, -0.2) is 8.78 Å². The number of alkyl halides is 1. The summed E-state index contributed by atoms with van der Waals surface area (Å²) in [5.74, 6) is -1.03. The Morgan fingerprint density at radius 1 is 1.52 bits per heavy atom. The first-order valence-corrected chi connectivity index (χ1v) is 7.33. The van der Waals surface area contributed by atoms with Crippen LogP contribution in [0.25, 0.3) is 0 Å². The summed E-state index contributed by atoms with van der Waals surface area (Å²) in [6.45, 7) is 4.09. The average molecular weight is 357 g/mol. The zero-order valence-electron chi connectivity index (χ0n) is 14.2. The molecule has 1 amide bonds. The number of carboxylic acid groups (broad SMARTS) is 1. The van der Waals surface area contributed by atoms with Crippen molar-refractivity contribution in [2.45, 2.75) is 32.0 Å². The van der Waals surface area contributed by atoms with E-state index in [9.17, 15) is 13.6 Å². The van der Waals surface area contributed by atoms with E-state index in [0.717, 1.165) is 13.8 Å². The molecule has 0 spiro atoms. The summed E-state index contributed by atoms with van der Waals surface area (Å²) in [6, 6.07) is 3.98. The second kappa shape index (κ2) is 8.02. The van der Waals surface area contributed by atoms with Gasteiger partial charge in [-0.2, -0.15) is 0 Å². The van der Waals surface area contributed by atoms with Crippen LogP contribution in [0.2, 0.25) is 0 Å². The van der Waals surface area contributed by atoms with Gasteiger partial charge >= 0.3 is 0 Å². The largest absolute Gasteiger partial charge is 0.483 e. The molecule has 0 saturated heterocycles. The topological polar surface area (TPSA) is 114 Å². The molecule has 0 aliphatic carbocycles. The van der Waals surface area contributed by atoms with Gasteiger partial charge in [0, 0.05) is 11.3 Å². The number of nitrogens with two attached hydrogens (primary N) is 1. The first kappa shape index (κ1) is 20.5. The quantitative estimate of drug-likeness (QED) is 0.714. The van der Waals surface area contributed by atoms with Crippen LogP contribution in [0.1, 0.15) is 26.3 Å². The van der Waals surface area contributed by atoms with Crippen molar-refractivity contribution in [3.63, 3.8) is 0 Å². The van der Waals surface area contributed by atoms with E-state index in [1.165, 1.54) is 18.2 Å². The molecule has 25 heavy (non-hydrogen) atoms. The Kier molecular flexibility index (Phi) is 6.57. The molecule has 1 unspecified atom stereocenters. The maximum Gasteiger partial charge on any atom is 0.290 e. The highest BCUT2D eigenvalue weighted by Crippen LogP contribution is 2.32. The summed E-state index contributed by atoms with van der Waals surface area (Å²) in [5, 5.41) is 9.30. The second-order valence-electron chi connectivity index (χ2n) is 6.10. The third-order valence-electron chi connectivity index (χ3n) is 3.37. The van der Waals surface area contributed by atoms with E-state index in [2.05, 4.69) is 10.3 Å². The predicted octanol–water partition coefficient (Wildman–Crippen LogP) is 1.82. The van der Waals surface area contributed by atoms with E-state index in [1.54, 1.807) is 6.92 Å². The second-order valence-corrected chi connectivity index (χ2v) is 6.10. The van der Waals surface area contributed by atoms with Gasteiger partial charge in [-0.3, -0.25) is 14.6 Å². The normalized spacial score (nSPS) is 20.0. The molecule has 4 N–H and O–H groups in total. The number of nitrogens with zero attached hydrogens (tertiary/aromatic N) is 1. The molecule has 0 fully saturated rings. The molecule has 7 nitrogen and oxygen atoms in total. The SMILES string of the molecule is CC(C)(F)C(=O)Nc1ccc(F)c(C2(C)COCC(N)=N2)c1.O=CO. The molecular formula is C16H21F2N3O4. The highest BCUT2D eigenvalue weighted by Gasteiger charge is 2.33. The number of carbonyl (C=O) groups is 2. The van der Waals surface area contributed by atoms with Gasteiger partial charge < -0.3 is 20.9 Å². The summed E-state index contributed by atoms with van der Waals surface area (Å²) in [4.78, 5) is 24.3. The Labute approximate surface area is 143 Å². The van der Waals surface area contributed by atoms with E-state index in [4.69, 9.17) is 20.4 Å². The Morgan fingerprint density at radius 2 is 2.12 bits per heavy atom. The van der Waals surface area contributed by atoms with Crippen LogP contribution in [0.15, 0.2) is 23.2 Å². The first-order valence-electron chi connectivity index (χ1n) is 7.33. The molecule has 0 bridgehead atoms. The number of halogens is 2. The molecule has 0 radical (unpaired) electrons. The predicted molar refractivity (Wildman–Crippen MR) is 88.7 cm³/mol. The number of nitrogens with one attached hydrogen (secondary N) is 1. The maximum absolute atomic E-state index is 14.1. The van der Waals surface area contributed by atoms with E-state index in [0.29, 0.717) is 0 Å². The Balaban J connectivity index is 0.000000970. The van der Waals surface area contributed by atoms with Crippen molar-refractivity contribution < 1.29 is 28.2 Å². The van der Waals surface area contributed by atoms with Gasteiger partial charge in [0.1, 0.15) is 23.8 Å². The molecule has 2 rings (SSSR count). The summed E-state index contributed by atoms with van der Waals surface area (Å²) in [7, 11) is 0. The zero-order valence-corrected chi connectivity index (χ0v) is 14.2. The number of rotatable bonds is 3. The summed E-state index contributed by atoms with van der Waals surface area (Å²) in [6.07, 6.45) is 0. The van der Waals surface area contributed by atoms with Crippen molar-refractivity contribution in [3.8, 4) is 0 Å². The Hall–Kier alpha value is -2.55. The van der Waals surface area contributed by atoms with Crippen molar-refractivity contribution in [1.82, 2.24) is 0 Å². The van der Waals surface area contributed by atoms with Crippen LogP contribution in [0.3, 0.4) is 0 Å². The number of hydrogen-bond donors (Lipinski definition) is 3. The van der Waals surface area contributed by atoms with Crippen LogP contribution in [-0.2, 0) is 19.9 Å². The van der Waals surface area contributed by atoms with Gasteiger partial charge in [-0.15, -0.1) is 0 Å². The van der Waals surface area contributed by atoms with Crippen molar-refractivity contribution in [1.29, 1.82) is 0 Å². The Bertz CT molecular complexity index is 674. The fraction of sp³-hybridized carbons (Fsp3) is 0.438. The highest BCUT2D eigenvalue weighted by atomic mass is 19.1. The van der Waals surface area contributed by atoms with E-state index < -0.39 is 22.9 Å². The lowest BCUT2D eigenvalue weighted by atomic mass is 9.91. The molecule has 0 saturated carbocycles. The fourth-order valence-corrected chi connectivity index (χ4v) is 2.17. The van der Waals surface area contributed by atoms with Crippen LogP contribution in [0.5, 0.6) is 0 Å². The van der Waals surface area contributed by atoms with Gasteiger partial charge in [0.25, 0.3) is 12.4 Å². The third-order valence-corrected chi connectivity index (χ3v) is 3.37. The molecule has 138 valence electrons. The molecule has 1 heterocycles. The number of aliphatic imine (C=N–C) groups is 1. The van der Waals surface area contributed by atoms with Crippen molar-refractivity contribution in [3.05, 3.63) is 29.6 Å². The van der Waals surface area contributed by atoms with Crippen LogP contribution in [0.4, 0.5) is 14.5 Å². The minimum Gasteiger partial charge on any atom is -0.483 e. The number of carbonyl (C=O) groups excluding carboxylic acids is 1. The number of hydrogen-bond acceptors (Lipinski definition) is 5. The number of anilines is 1. The monoisotopic (exact) mass is 357 g/mol. The molecular weight excluding hydrogens is 336 g/mol. The number of benzene rings is 1. The highest BCUT2D eigenvalue weighted by molar-refractivity contribution is 5.96. The molecule has 1 aromatic rings. The van der Waals surface area contributed by atoms with E-state index in [1.807, 2.05) is 0 Å². The average Bonchev–Trinajstić information content (AvgIpc) is 2.48. The molecule has 1 aromatic carbocycles. The Morgan fingerprint density at radius 3 is 2.64 bits per heavy atom. The summed E-state index contributed by atoms with van der Waals surface area (Å²) >= 11 is 0. The third kappa shape index (κ3) is 5.49. The van der Waals surface area contributed by atoms with Crippen molar-refractivity contribution in [2.75, 3.05) is 18.5 Å². The molecule has 1 aliphatic heterocycles. The maximum atomic E-state index is 14.1.